The number of para-hydroxylation sites is 1. The Hall–Kier alpha value is -4.01. The number of nitrogens with one attached hydrogen (secondary N) is 1. The highest BCUT2D eigenvalue weighted by molar-refractivity contribution is 6.31. The zero-order chi connectivity index (χ0) is 23.8. The van der Waals surface area contributed by atoms with Crippen LogP contribution in [0.15, 0.2) is 140 Å². The standard InChI is InChI=1S/C31H27ClN2/c1-3-5-7-9-13-25(14-10-8-6-4-2)33-26-18-20-27(21-19-26)34-30-16-12-11-15-28(30)29-22-17-24(32)23-31(29)34/h3-23,33H,1H2,2H3/b6-4-,7-5-,10-8-,13-9-,25-14-. The van der Waals surface area contributed by atoms with Gasteiger partial charge in [0.2, 0.25) is 0 Å². The van der Waals surface area contributed by atoms with Crippen molar-refractivity contribution in [2.75, 3.05) is 5.32 Å². The molecule has 0 saturated carbocycles. The van der Waals surface area contributed by atoms with Crippen molar-refractivity contribution in [1.29, 1.82) is 0 Å². The molecule has 3 aromatic carbocycles. The Bertz CT molecular complexity index is 1440. The first-order valence-electron chi connectivity index (χ1n) is 11.2. The second-order valence-corrected chi connectivity index (χ2v) is 8.13. The fraction of sp³-hybridized carbons (Fsp3) is 0.0323. The van der Waals surface area contributed by atoms with Crippen molar-refractivity contribution in [2.45, 2.75) is 6.92 Å². The van der Waals surface area contributed by atoms with Crippen LogP contribution in [0.25, 0.3) is 27.5 Å². The first-order chi connectivity index (χ1) is 16.7. The summed E-state index contributed by atoms with van der Waals surface area (Å²) in [6.07, 6.45) is 19.7. The molecule has 2 nitrogen and oxygen atoms in total. The van der Waals surface area contributed by atoms with Gasteiger partial charge in [-0.25, -0.2) is 0 Å². The molecule has 0 aliphatic rings. The van der Waals surface area contributed by atoms with Crippen LogP contribution in [0.5, 0.6) is 0 Å². The number of hydrogen-bond acceptors (Lipinski definition) is 1. The Morgan fingerprint density at radius 1 is 0.824 bits per heavy atom. The molecule has 168 valence electrons. The first-order valence-corrected chi connectivity index (χ1v) is 11.6. The Kier molecular flexibility index (Phi) is 7.64. The topological polar surface area (TPSA) is 17.0 Å². The van der Waals surface area contributed by atoms with Crippen LogP contribution >= 0.6 is 11.6 Å². The maximum absolute atomic E-state index is 6.36. The van der Waals surface area contributed by atoms with E-state index in [9.17, 15) is 0 Å². The Morgan fingerprint density at radius 2 is 1.59 bits per heavy atom. The number of aromatic nitrogens is 1. The zero-order valence-corrected chi connectivity index (χ0v) is 19.9. The van der Waals surface area contributed by atoms with Crippen molar-refractivity contribution >= 4 is 39.1 Å². The van der Waals surface area contributed by atoms with Gasteiger partial charge in [0, 0.05) is 32.9 Å². The number of rotatable bonds is 8. The SMILES string of the molecule is C=C\C=C/C=C\C(=C\C=C/C=C\C)Nc1ccc(-n2c3ccccc3c3ccc(Cl)cc32)cc1. The molecule has 0 radical (unpaired) electrons. The van der Waals surface area contributed by atoms with Crippen molar-refractivity contribution in [2.24, 2.45) is 0 Å². The van der Waals surface area contributed by atoms with Crippen molar-refractivity contribution in [1.82, 2.24) is 4.57 Å². The van der Waals surface area contributed by atoms with Gasteiger partial charge in [-0.2, -0.15) is 0 Å². The van der Waals surface area contributed by atoms with E-state index >= 15 is 0 Å². The second kappa shape index (κ2) is 11.2. The highest BCUT2D eigenvalue weighted by Gasteiger charge is 2.12. The van der Waals surface area contributed by atoms with Gasteiger partial charge in [0.05, 0.1) is 11.0 Å². The van der Waals surface area contributed by atoms with Crippen LogP contribution < -0.4 is 5.32 Å². The van der Waals surface area contributed by atoms with Crippen molar-refractivity contribution < 1.29 is 0 Å². The van der Waals surface area contributed by atoms with Gasteiger partial charge >= 0.3 is 0 Å². The molecular formula is C31H27ClN2. The molecule has 0 atom stereocenters. The van der Waals surface area contributed by atoms with Crippen molar-refractivity contribution in [3.63, 3.8) is 0 Å². The van der Waals surface area contributed by atoms with Gasteiger partial charge in [-0.1, -0.05) is 91.1 Å². The van der Waals surface area contributed by atoms with Crippen LogP contribution in [0.1, 0.15) is 6.92 Å². The molecule has 0 amide bonds. The lowest BCUT2D eigenvalue weighted by molar-refractivity contribution is 1.18. The normalized spacial score (nSPS) is 12.8. The molecule has 0 aliphatic carbocycles. The summed E-state index contributed by atoms with van der Waals surface area (Å²) in [5, 5.41) is 6.63. The van der Waals surface area contributed by atoms with E-state index < -0.39 is 0 Å². The summed E-state index contributed by atoms with van der Waals surface area (Å²) in [7, 11) is 0. The first kappa shape index (κ1) is 23.2. The van der Waals surface area contributed by atoms with E-state index in [1.165, 1.54) is 10.8 Å². The minimum Gasteiger partial charge on any atom is -0.356 e. The summed E-state index contributed by atoms with van der Waals surface area (Å²) < 4.78 is 2.26. The highest BCUT2D eigenvalue weighted by Crippen LogP contribution is 2.33. The Morgan fingerprint density at radius 3 is 2.38 bits per heavy atom. The smallest absolute Gasteiger partial charge is 0.0555 e. The van der Waals surface area contributed by atoms with E-state index in [0.29, 0.717) is 0 Å². The molecule has 0 bridgehead atoms. The van der Waals surface area contributed by atoms with Crippen LogP contribution in [0.2, 0.25) is 5.02 Å². The number of nitrogens with zero attached hydrogens (tertiary/aromatic N) is 1. The third-order valence-corrected chi connectivity index (χ3v) is 5.61. The van der Waals surface area contributed by atoms with E-state index in [-0.39, 0.29) is 0 Å². The highest BCUT2D eigenvalue weighted by atomic mass is 35.5. The summed E-state index contributed by atoms with van der Waals surface area (Å²) in [6, 6.07) is 23.0. The summed E-state index contributed by atoms with van der Waals surface area (Å²) in [6.45, 7) is 5.71. The summed E-state index contributed by atoms with van der Waals surface area (Å²) in [5.41, 5.74) is 5.33. The molecule has 34 heavy (non-hydrogen) atoms. The fourth-order valence-corrected chi connectivity index (χ4v) is 4.02. The molecule has 4 rings (SSSR count). The minimum atomic E-state index is 0.730. The molecule has 0 unspecified atom stereocenters. The molecule has 1 aromatic heterocycles. The second-order valence-electron chi connectivity index (χ2n) is 7.70. The molecule has 0 spiro atoms. The predicted molar refractivity (Wildman–Crippen MR) is 150 cm³/mol. The largest absolute Gasteiger partial charge is 0.356 e. The van der Waals surface area contributed by atoms with Crippen LogP contribution in [0.4, 0.5) is 5.69 Å². The molecule has 0 aliphatic heterocycles. The molecular weight excluding hydrogens is 436 g/mol. The molecule has 1 N–H and O–H groups in total. The quantitative estimate of drug-likeness (QED) is 0.258. The molecule has 0 fully saturated rings. The lowest BCUT2D eigenvalue weighted by atomic mass is 10.2. The average Bonchev–Trinajstić information content (AvgIpc) is 3.18. The number of halogens is 1. The van der Waals surface area contributed by atoms with Gasteiger partial charge in [0.15, 0.2) is 0 Å². The number of anilines is 1. The van der Waals surface area contributed by atoms with E-state index in [1.54, 1.807) is 6.08 Å². The van der Waals surface area contributed by atoms with Gasteiger partial charge in [-0.05, 0) is 61.5 Å². The fourth-order valence-electron chi connectivity index (χ4n) is 3.86. The molecule has 0 saturated heterocycles. The number of benzene rings is 3. The maximum atomic E-state index is 6.36. The van der Waals surface area contributed by atoms with E-state index in [0.717, 1.165) is 33.1 Å². The summed E-state index contributed by atoms with van der Waals surface area (Å²) in [5.74, 6) is 0. The minimum absolute atomic E-state index is 0.730. The van der Waals surface area contributed by atoms with E-state index in [4.69, 9.17) is 11.6 Å². The van der Waals surface area contributed by atoms with Gasteiger partial charge in [-0.3, -0.25) is 0 Å². The lowest BCUT2D eigenvalue weighted by Gasteiger charge is -2.11. The van der Waals surface area contributed by atoms with Gasteiger partial charge in [0.1, 0.15) is 0 Å². The zero-order valence-electron chi connectivity index (χ0n) is 19.2. The summed E-state index contributed by atoms with van der Waals surface area (Å²) >= 11 is 6.36. The molecule has 3 heteroatoms. The lowest BCUT2D eigenvalue weighted by Crippen LogP contribution is -1.98. The van der Waals surface area contributed by atoms with Crippen LogP contribution in [0.3, 0.4) is 0 Å². The van der Waals surface area contributed by atoms with Crippen LogP contribution in [-0.2, 0) is 0 Å². The monoisotopic (exact) mass is 462 g/mol. The number of fused-ring (bicyclic) bond motifs is 3. The summed E-state index contributed by atoms with van der Waals surface area (Å²) in [4.78, 5) is 0. The van der Waals surface area contributed by atoms with E-state index in [1.807, 2.05) is 73.7 Å². The Balaban J connectivity index is 1.68. The number of hydrogen-bond donors (Lipinski definition) is 1. The van der Waals surface area contributed by atoms with Crippen molar-refractivity contribution in [3.8, 4) is 5.69 Å². The maximum Gasteiger partial charge on any atom is 0.0555 e. The van der Waals surface area contributed by atoms with Gasteiger partial charge in [0.25, 0.3) is 0 Å². The molecule has 4 aromatic rings. The van der Waals surface area contributed by atoms with Gasteiger partial charge < -0.3 is 9.88 Å². The molecule has 1 heterocycles. The van der Waals surface area contributed by atoms with Crippen molar-refractivity contribution in [3.05, 3.63) is 145 Å². The van der Waals surface area contributed by atoms with Crippen LogP contribution in [0, 0.1) is 0 Å². The number of allylic oxidation sites excluding steroid dienone is 10. The average molecular weight is 463 g/mol. The van der Waals surface area contributed by atoms with Crippen LogP contribution in [-0.4, -0.2) is 4.57 Å². The third-order valence-electron chi connectivity index (χ3n) is 5.37. The Labute approximate surface area is 206 Å². The third kappa shape index (κ3) is 5.31. The van der Waals surface area contributed by atoms with E-state index in [2.05, 4.69) is 71.1 Å². The van der Waals surface area contributed by atoms with Gasteiger partial charge in [-0.15, -0.1) is 0 Å². The predicted octanol–water partition coefficient (Wildman–Crippen LogP) is 9.16.